The van der Waals surface area contributed by atoms with Crippen molar-refractivity contribution in [2.75, 3.05) is 7.11 Å². The number of alkyl halides is 1. The summed E-state index contributed by atoms with van der Waals surface area (Å²) >= 11 is 5.57. The Labute approximate surface area is 57.7 Å². The van der Waals surface area contributed by atoms with Gasteiger partial charge in [0, 0.05) is 0 Å². The molecule has 0 N–H and O–H groups in total. The van der Waals surface area contributed by atoms with Crippen molar-refractivity contribution in [3.8, 4) is 0 Å². The first-order valence-electron chi connectivity index (χ1n) is 2.45. The Bertz CT molecular complexity index is 189. The van der Waals surface area contributed by atoms with Crippen LogP contribution in [0.4, 0.5) is 0 Å². The van der Waals surface area contributed by atoms with Gasteiger partial charge in [0.2, 0.25) is 0 Å². The monoisotopic (exact) mass is 147 g/mol. The van der Waals surface area contributed by atoms with Gasteiger partial charge in [-0.25, -0.2) is 9.79 Å². The van der Waals surface area contributed by atoms with Crippen LogP contribution in [0.25, 0.3) is 0 Å². The molecule has 1 unspecified atom stereocenters. The normalized spacial score (nSPS) is 31.2. The van der Waals surface area contributed by atoms with E-state index in [1.54, 1.807) is 6.92 Å². The molecule has 0 radical (unpaired) electrons. The second kappa shape index (κ2) is 1.70. The van der Waals surface area contributed by atoms with Crippen LogP contribution in [0.3, 0.4) is 0 Å². The van der Waals surface area contributed by atoms with Crippen LogP contribution in [-0.4, -0.2) is 23.8 Å². The third kappa shape index (κ3) is 0.812. The molecule has 0 saturated heterocycles. The highest BCUT2D eigenvalue weighted by Crippen LogP contribution is 2.33. The van der Waals surface area contributed by atoms with Crippen molar-refractivity contribution < 1.29 is 9.53 Å². The number of hydrogen-bond acceptors (Lipinski definition) is 3. The fourth-order valence-corrected chi connectivity index (χ4v) is 0.736. The summed E-state index contributed by atoms with van der Waals surface area (Å²) < 4.78 is 4.36. The molecule has 0 spiro atoms. The lowest BCUT2D eigenvalue weighted by molar-refractivity contribution is -0.140. The molecule has 9 heavy (non-hydrogen) atoms. The van der Waals surface area contributed by atoms with E-state index < -0.39 is 11.0 Å². The predicted molar refractivity (Wildman–Crippen MR) is 33.7 cm³/mol. The number of nitrogens with zero attached hydrogens (tertiary/aromatic N) is 1. The molecule has 0 bridgehead atoms. The zero-order valence-corrected chi connectivity index (χ0v) is 5.90. The standard InChI is InChI=1S/C5H6ClNO2/c1-3-5(6,7-3)4(8)9-2/h1-2H3. The smallest absolute Gasteiger partial charge is 0.355 e. The second-order valence-electron chi connectivity index (χ2n) is 1.81. The Balaban J connectivity index is 2.57. The molecule has 1 aliphatic rings. The molecule has 1 heterocycles. The van der Waals surface area contributed by atoms with Gasteiger partial charge in [-0.2, -0.15) is 0 Å². The first kappa shape index (κ1) is 6.55. The third-order valence-corrected chi connectivity index (χ3v) is 1.72. The molecule has 1 aliphatic heterocycles. The van der Waals surface area contributed by atoms with Gasteiger partial charge in [-0.3, -0.25) is 0 Å². The van der Waals surface area contributed by atoms with E-state index in [1.165, 1.54) is 7.11 Å². The molecule has 0 amide bonds. The number of methoxy groups -OCH3 is 1. The maximum Gasteiger partial charge on any atom is 0.355 e. The molecule has 0 aliphatic carbocycles. The highest BCUT2D eigenvalue weighted by molar-refractivity contribution is 6.52. The van der Waals surface area contributed by atoms with Crippen molar-refractivity contribution in [1.82, 2.24) is 0 Å². The molecule has 50 valence electrons. The summed E-state index contributed by atoms with van der Waals surface area (Å²) in [5.41, 5.74) is 0.621. The van der Waals surface area contributed by atoms with Crippen molar-refractivity contribution in [2.45, 2.75) is 11.9 Å². The predicted octanol–water partition coefficient (Wildman–Crippen LogP) is 0.569. The number of carbonyl (C=O) groups excluding carboxylic acids is 1. The Morgan fingerprint density at radius 1 is 1.89 bits per heavy atom. The maximum absolute atomic E-state index is 10.6. The maximum atomic E-state index is 10.6. The Kier molecular flexibility index (Phi) is 1.24. The first-order chi connectivity index (χ1) is 4.11. The summed E-state index contributed by atoms with van der Waals surface area (Å²) in [7, 11) is 1.29. The fourth-order valence-electron chi connectivity index (χ4n) is 0.532. The molecule has 0 aromatic heterocycles. The van der Waals surface area contributed by atoms with Crippen molar-refractivity contribution in [3.63, 3.8) is 0 Å². The molecule has 1 atom stereocenters. The van der Waals surface area contributed by atoms with Crippen molar-refractivity contribution in [2.24, 2.45) is 4.99 Å². The lowest BCUT2D eigenvalue weighted by Crippen LogP contribution is -2.23. The molecule has 0 saturated carbocycles. The van der Waals surface area contributed by atoms with Gasteiger partial charge in [0.1, 0.15) is 0 Å². The molecule has 3 nitrogen and oxygen atoms in total. The van der Waals surface area contributed by atoms with Gasteiger partial charge in [0.15, 0.2) is 0 Å². The number of esters is 1. The fraction of sp³-hybridized carbons (Fsp3) is 0.600. The lowest BCUT2D eigenvalue weighted by Gasteiger charge is -2.00. The van der Waals surface area contributed by atoms with E-state index in [4.69, 9.17) is 11.6 Å². The molecule has 4 heteroatoms. The Morgan fingerprint density at radius 3 is 2.44 bits per heavy atom. The average Bonchev–Trinajstić information content (AvgIpc) is 2.41. The molecular weight excluding hydrogens is 142 g/mol. The van der Waals surface area contributed by atoms with Gasteiger partial charge < -0.3 is 4.74 Å². The minimum Gasteiger partial charge on any atom is -0.466 e. The van der Waals surface area contributed by atoms with Crippen LogP contribution >= 0.6 is 11.6 Å². The van der Waals surface area contributed by atoms with Crippen molar-refractivity contribution in [3.05, 3.63) is 0 Å². The summed E-state index contributed by atoms with van der Waals surface area (Å²) in [5.74, 6) is -0.498. The van der Waals surface area contributed by atoms with Crippen LogP contribution in [0, 0.1) is 0 Å². The van der Waals surface area contributed by atoms with Crippen LogP contribution in [0.5, 0.6) is 0 Å². The van der Waals surface area contributed by atoms with Gasteiger partial charge in [-0.05, 0) is 6.92 Å². The number of aliphatic imine (C=N–C) groups is 1. The summed E-state index contributed by atoms with van der Waals surface area (Å²) in [6.07, 6.45) is 0. The number of ether oxygens (including phenoxy) is 1. The zero-order chi connectivity index (χ0) is 7.07. The van der Waals surface area contributed by atoms with Crippen LogP contribution in [0.2, 0.25) is 0 Å². The number of rotatable bonds is 1. The van der Waals surface area contributed by atoms with Gasteiger partial charge in [0.25, 0.3) is 5.00 Å². The van der Waals surface area contributed by atoms with Gasteiger partial charge in [0.05, 0.1) is 12.8 Å². The second-order valence-corrected chi connectivity index (χ2v) is 2.36. The van der Waals surface area contributed by atoms with Crippen LogP contribution < -0.4 is 0 Å². The summed E-state index contributed by atoms with van der Waals surface area (Å²) in [5, 5.41) is 0. The summed E-state index contributed by atoms with van der Waals surface area (Å²) in [6.45, 7) is 1.68. The topological polar surface area (TPSA) is 38.7 Å². The Morgan fingerprint density at radius 2 is 2.33 bits per heavy atom. The summed E-state index contributed by atoms with van der Waals surface area (Å²) in [4.78, 5) is 13.2. The van der Waals surface area contributed by atoms with Crippen molar-refractivity contribution >= 4 is 23.3 Å². The first-order valence-corrected chi connectivity index (χ1v) is 2.83. The molecule has 0 aromatic rings. The molecule has 0 aromatic carbocycles. The van der Waals surface area contributed by atoms with Gasteiger partial charge >= 0.3 is 5.97 Å². The number of hydrogen-bond donors (Lipinski definition) is 0. The van der Waals surface area contributed by atoms with E-state index in [2.05, 4.69) is 9.73 Å². The van der Waals surface area contributed by atoms with E-state index in [-0.39, 0.29) is 0 Å². The van der Waals surface area contributed by atoms with Crippen LogP contribution in [-0.2, 0) is 9.53 Å². The zero-order valence-electron chi connectivity index (χ0n) is 5.14. The summed E-state index contributed by atoms with van der Waals surface area (Å²) in [6, 6.07) is 0. The quantitative estimate of drug-likeness (QED) is 0.309. The molecule has 1 rings (SSSR count). The lowest BCUT2D eigenvalue weighted by atomic mass is 10.3. The minimum absolute atomic E-state index is 0.498. The highest BCUT2D eigenvalue weighted by Gasteiger charge is 2.51. The van der Waals surface area contributed by atoms with E-state index >= 15 is 0 Å². The van der Waals surface area contributed by atoms with E-state index in [0.717, 1.165) is 0 Å². The Hall–Kier alpha value is -0.570. The largest absolute Gasteiger partial charge is 0.466 e. The SMILES string of the molecule is COC(=O)C1(Cl)N=C1C. The molecular formula is C5H6ClNO2. The average molecular weight is 148 g/mol. The van der Waals surface area contributed by atoms with Gasteiger partial charge in [-0.15, -0.1) is 0 Å². The van der Waals surface area contributed by atoms with E-state index in [0.29, 0.717) is 5.71 Å². The number of carbonyl (C=O) groups is 1. The van der Waals surface area contributed by atoms with E-state index in [1.807, 2.05) is 0 Å². The van der Waals surface area contributed by atoms with Crippen LogP contribution in [0.15, 0.2) is 4.99 Å². The van der Waals surface area contributed by atoms with E-state index in [9.17, 15) is 4.79 Å². The highest BCUT2D eigenvalue weighted by atomic mass is 35.5. The number of halogens is 1. The third-order valence-electron chi connectivity index (χ3n) is 1.21. The molecule has 0 fully saturated rings. The van der Waals surface area contributed by atoms with Gasteiger partial charge in [-0.1, -0.05) is 11.6 Å². The minimum atomic E-state index is -1.13. The van der Waals surface area contributed by atoms with Crippen LogP contribution in [0.1, 0.15) is 6.92 Å². The van der Waals surface area contributed by atoms with Crippen molar-refractivity contribution in [1.29, 1.82) is 0 Å².